The molecule has 4 rings (SSSR count). The summed E-state index contributed by atoms with van der Waals surface area (Å²) in [6.45, 7) is 1.28. The summed E-state index contributed by atoms with van der Waals surface area (Å²) in [5, 5.41) is 4.64. The number of fused-ring (bicyclic) bond motifs is 3. The van der Waals surface area contributed by atoms with Crippen LogP contribution in [0.15, 0.2) is 40.9 Å². The first-order chi connectivity index (χ1) is 9.33. The summed E-state index contributed by atoms with van der Waals surface area (Å²) in [5.74, 6) is 0.572. The number of furan rings is 1. The number of benzene rings is 1. The predicted octanol–water partition coefficient (Wildman–Crippen LogP) is 2.51. The molecule has 0 saturated carbocycles. The number of carbonyl (C=O) groups is 1. The summed E-state index contributed by atoms with van der Waals surface area (Å²) in [7, 11) is 0. The number of amides is 2. The molecule has 0 bridgehead atoms. The van der Waals surface area contributed by atoms with Crippen LogP contribution in [0.25, 0.3) is 21.9 Å². The highest BCUT2D eigenvalue weighted by atomic mass is 16.4. The summed E-state index contributed by atoms with van der Waals surface area (Å²) in [4.78, 5) is 17.6. The number of hydrogen-bond donors (Lipinski definition) is 1. The molecular formula is C14H11N3O2. The highest BCUT2D eigenvalue weighted by molar-refractivity contribution is 6.04. The van der Waals surface area contributed by atoms with E-state index in [-0.39, 0.29) is 6.03 Å². The second-order valence-corrected chi connectivity index (χ2v) is 4.53. The van der Waals surface area contributed by atoms with E-state index >= 15 is 0 Å². The third-order valence-electron chi connectivity index (χ3n) is 3.36. The largest absolute Gasteiger partial charge is 0.439 e. The molecule has 5 heteroatoms. The molecule has 3 heterocycles. The first kappa shape index (κ1) is 10.4. The monoisotopic (exact) mass is 253 g/mol. The van der Waals surface area contributed by atoms with E-state index in [2.05, 4.69) is 10.3 Å². The van der Waals surface area contributed by atoms with E-state index in [1.54, 1.807) is 11.1 Å². The van der Waals surface area contributed by atoms with Crippen molar-refractivity contribution in [2.45, 2.75) is 0 Å². The van der Waals surface area contributed by atoms with E-state index in [0.29, 0.717) is 19.0 Å². The van der Waals surface area contributed by atoms with Crippen molar-refractivity contribution in [1.82, 2.24) is 10.3 Å². The molecule has 1 fully saturated rings. The van der Waals surface area contributed by atoms with Crippen molar-refractivity contribution in [3.8, 4) is 0 Å². The Morgan fingerprint density at radius 2 is 2.21 bits per heavy atom. The van der Waals surface area contributed by atoms with Gasteiger partial charge in [0.15, 0.2) is 0 Å². The van der Waals surface area contributed by atoms with E-state index in [9.17, 15) is 4.79 Å². The van der Waals surface area contributed by atoms with E-state index in [1.807, 2.05) is 30.3 Å². The zero-order chi connectivity index (χ0) is 12.8. The van der Waals surface area contributed by atoms with Crippen LogP contribution >= 0.6 is 0 Å². The molecule has 2 aromatic heterocycles. The van der Waals surface area contributed by atoms with Crippen molar-refractivity contribution in [3.05, 3.63) is 36.5 Å². The van der Waals surface area contributed by atoms with Crippen LogP contribution in [0.4, 0.5) is 10.7 Å². The van der Waals surface area contributed by atoms with Crippen LogP contribution in [0.3, 0.4) is 0 Å². The molecule has 5 nitrogen and oxygen atoms in total. The summed E-state index contributed by atoms with van der Waals surface area (Å²) < 4.78 is 5.86. The highest BCUT2D eigenvalue weighted by Gasteiger charge is 2.24. The lowest BCUT2D eigenvalue weighted by Crippen LogP contribution is -2.27. The molecule has 2 amide bonds. The number of anilines is 1. The fourth-order valence-electron chi connectivity index (χ4n) is 2.43. The molecule has 0 aliphatic carbocycles. The number of aromatic nitrogens is 1. The topological polar surface area (TPSA) is 58.4 Å². The van der Waals surface area contributed by atoms with Crippen molar-refractivity contribution in [1.29, 1.82) is 0 Å². The summed E-state index contributed by atoms with van der Waals surface area (Å²) in [6.07, 6.45) is 1.78. The van der Waals surface area contributed by atoms with Gasteiger partial charge in [0.25, 0.3) is 0 Å². The molecule has 1 saturated heterocycles. The Balaban J connectivity index is 1.95. The van der Waals surface area contributed by atoms with Crippen molar-refractivity contribution in [3.63, 3.8) is 0 Å². The standard InChI is InChI=1S/C14H11N3O2/c18-14-15-5-6-17(14)12-7-9-8-16-11-4-2-1-3-10(11)13(9)19-12/h1-4,7-8H,5-6H2,(H,15,18). The minimum absolute atomic E-state index is 0.115. The van der Waals surface area contributed by atoms with Gasteiger partial charge < -0.3 is 9.73 Å². The van der Waals surface area contributed by atoms with Gasteiger partial charge in [0.1, 0.15) is 5.58 Å². The zero-order valence-electron chi connectivity index (χ0n) is 10.1. The number of pyridine rings is 1. The molecule has 1 aliphatic heterocycles. The SMILES string of the molecule is O=C1NCCN1c1cc2cnc3ccccc3c2o1. The molecule has 1 aliphatic rings. The fraction of sp³-hybridized carbons (Fsp3) is 0.143. The van der Waals surface area contributed by atoms with Gasteiger partial charge in [-0.1, -0.05) is 12.1 Å². The van der Waals surface area contributed by atoms with E-state index in [1.165, 1.54) is 0 Å². The Kier molecular flexibility index (Phi) is 2.03. The lowest BCUT2D eigenvalue weighted by atomic mass is 10.2. The van der Waals surface area contributed by atoms with Crippen molar-refractivity contribution < 1.29 is 9.21 Å². The Bertz CT molecular complexity index is 794. The first-order valence-corrected chi connectivity index (χ1v) is 6.15. The number of urea groups is 1. The zero-order valence-corrected chi connectivity index (χ0v) is 10.1. The first-order valence-electron chi connectivity index (χ1n) is 6.15. The van der Waals surface area contributed by atoms with E-state index in [0.717, 1.165) is 21.9 Å². The lowest BCUT2D eigenvalue weighted by Gasteiger charge is -2.08. The lowest BCUT2D eigenvalue weighted by molar-refractivity contribution is 0.251. The van der Waals surface area contributed by atoms with Gasteiger partial charge in [-0.2, -0.15) is 0 Å². The maximum Gasteiger partial charge on any atom is 0.324 e. The maximum absolute atomic E-state index is 11.7. The molecule has 0 radical (unpaired) electrons. The van der Waals surface area contributed by atoms with Gasteiger partial charge in [-0.3, -0.25) is 9.88 Å². The van der Waals surface area contributed by atoms with Crippen LogP contribution in [-0.2, 0) is 0 Å². The minimum atomic E-state index is -0.115. The van der Waals surface area contributed by atoms with E-state index in [4.69, 9.17) is 4.42 Å². The molecule has 1 N–H and O–H groups in total. The summed E-state index contributed by atoms with van der Waals surface area (Å²) >= 11 is 0. The summed E-state index contributed by atoms with van der Waals surface area (Å²) in [5.41, 5.74) is 1.67. The van der Waals surface area contributed by atoms with Gasteiger partial charge in [0.05, 0.1) is 5.52 Å². The molecule has 94 valence electrons. The molecule has 0 spiro atoms. The predicted molar refractivity (Wildman–Crippen MR) is 72.3 cm³/mol. The van der Waals surface area contributed by atoms with Gasteiger partial charge in [-0.15, -0.1) is 0 Å². The normalized spacial score (nSPS) is 15.4. The van der Waals surface area contributed by atoms with Gasteiger partial charge in [0, 0.05) is 36.1 Å². The Morgan fingerprint density at radius 3 is 3.05 bits per heavy atom. The molecule has 19 heavy (non-hydrogen) atoms. The smallest absolute Gasteiger partial charge is 0.324 e. The van der Waals surface area contributed by atoms with Crippen LogP contribution in [0.1, 0.15) is 0 Å². The van der Waals surface area contributed by atoms with Crippen LogP contribution in [-0.4, -0.2) is 24.1 Å². The van der Waals surface area contributed by atoms with Crippen molar-refractivity contribution in [2.75, 3.05) is 18.0 Å². The molecule has 1 aromatic carbocycles. The highest BCUT2D eigenvalue weighted by Crippen LogP contribution is 2.31. The van der Waals surface area contributed by atoms with Crippen LogP contribution in [0.5, 0.6) is 0 Å². The number of carbonyl (C=O) groups excluding carboxylic acids is 1. The van der Waals surface area contributed by atoms with Crippen molar-refractivity contribution in [2.24, 2.45) is 0 Å². The minimum Gasteiger partial charge on any atom is -0.439 e. The number of hydrogen-bond acceptors (Lipinski definition) is 3. The average Bonchev–Trinajstić information content (AvgIpc) is 3.04. The number of rotatable bonds is 1. The third-order valence-corrected chi connectivity index (χ3v) is 3.36. The number of nitrogens with one attached hydrogen (secondary N) is 1. The quantitative estimate of drug-likeness (QED) is 0.725. The average molecular weight is 253 g/mol. The Labute approximate surface area is 108 Å². The molecule has 0 atom stereocenters. The maximum atomic E-state index is 11.7. The fourth-order valence-corrected chi connectivity index (χ4v) is 2.43. The molecule has 3 aromatic rings. The number of para-hydroxylation sites is 1. The second-order valence-electron chi connectivity index (χ2n) is 4.53. The third kappa shape index (κ3) is 1.48. The molecular weight excluding hydrogens is 242 g/mol. The number of nitrogens with zero attached hydrogens (tertiary/aromatic N) is 2. The molecule has 0 unspecified atom stereocenters. The van der Waals surface area contributed by atoms with Crippen LogP contribution in [0, 0.1) is 0 Å². The summed E-state index contributed by atoms with van der Waals surface area (Å²) in [6, 6.07) is 9.56. The van der Waals surface area contributed by atoms with Gasteiger partial charge in [-0.25, -0.2) is 4.79 Å². The van der Waals surface area contributed by atoms with E-state index < -0.39 is 0 Å². The van der Waals surface area contributed by atoms with Crippen LogP contribution < -0.4 is 10.2 Å². The Morgan fingerprint density at radius 1 is 1.32 bits per heavy atom. The van der Waals surface area contributed by atoms with Gasteiger partial charge in [-0.05, 0) is 12.1 Å². The Hall–Kier alpha value is -2.56. The van der Waals surface area contributed by atoms with Gasteiger partial charge >= 0.3 is 6.03 Å². The van der Waals surface area contributed by atoms with Crippen molar-refractivity contribution >= 4 is 33.8 Å². The van der Waals surface area contributed by atoms with Gasteiger partial charge in [0.2, 0.25) is 5.88 Å². The van der Waals surface area contributed by atoms with Crippen LogP contribution in [0.2, 0.25) is 0 Å². The second kappa shape index (κ2) is 3.71.